The average Bonchev–Trinajstić information content (AvgIpc) is 3.21. The van der Waals surface area contributed by atoms with Gasteiger partial charge in [-0.2, -0.15) is 10.2 Å². The molecular formula is C15H17N5OS2. The van der Waals surface area contributed by atoms with Crippen molar-refractivity contribution in [2.45, 2.75) is 5.75 Å². The van der Waals surface area contributed by atoms with Crippen LogP contribution < -0.4 is 5.32 Å². The lowest BCUT2D eigenvalue weighted by Crippen LogP contribution is -2.14. The van der Waals surface area contributed by atoms with E-state index in [4.69, 9.17) is 0 Å². The highest BCUT2D eigenvalue weighted by Crippen LogP contribution is 2.26. The predicted octanol–water partition coefficient (Wildman–Crippen LogP) is 2.75. The number of anilines is 1. The number of hydrogen-bond donors (Lipinski definition) is 1. The Hall–Kier alpha value is -2.06. The first-order valence-electron chi connectivity index (χ1n) is 7.05. The van der Waals surface area contributed by atoms with Crippen LogP contribution in [0.15, 0.2) is 36.0 Å². The van der Waals surface area contributed by atoms with Gasteiger partial charge >= 0.3 is 0 Å². The van der Waals surface area contributed by atoms with Gasteiger partial charge in [-0.1, -0.05) is 6.07 Å². The maximum absolute atomic E-state index is 12.2. The van der Waals surface area contributed by atoms with E-state index < -0.39 is 0 Å². The zero-order valence-electron chi connectivity index (χ0n) is 12.9. The fourth-order valence-electron chi connectivity index (χ4n) is 2.20. The first-order chi connectivity index (χ1) is 11.1. The highest BCUT2D eigenvalue weighted by atomic mass is 32.2. The standard InChI is InChI=1S/C15H17N5OS2/c1-19-8-12(15(18-19)13-5-6-16-20(13)2)17-14(21)10-22-9-11-4-3-7-23-11/h3-8H,9-10H2,1-2H3,(H,17,21). The minimum atomic E-state index is -0.0250. The smallest absolute Gasteiger partial charge is 0.234 e. The highest BCUT2D eigenvalue weighted by molar-refractivity contribution is 7.99. The molecule has 0 saturated heterocycles. The number of rotatable bonds is 6. The van der Waals surface area contributed by atoms with Crippen LogP contribution in [0.3, 0.4) is 0 Å². The predicted molar refractivity (Wildman–Crippen MR) is 94.5 cm³/mol. The molecule has 3 aromatic rings. The van der Waals surface area contributed by atoms with Crippen molar-refractivity contribution in [2.75, 3.05) is 11.1 Å². The second kappa shape index (κ2) is 7.01. The van der Waals surface area contributed by atoms with Crippen molar-refractivity contribution in [1.29, 1.82) is 0 Å². The molecule has 0 saturated carbocycles. The van der Waals surface area contributed by atoms with Crippen molar-refractivity contribution in [2.24, 2.45) is 14.1 Å². The Balaban J connectivity index is 1.63. The van der Waals surface area contributed by atoms with Crippen LogP contribution in [0.1, 0.15) is 4.88 Å². The van der Waals surface area contributed by atoms with Gasteiger partial charge in [0.15, 0.2) is 0 Å². The van der Waals surface area contributed by atoms with Gasteiger partial charge < -0.3 is 5.32 Å². The van der Waals surface area contributed by atoms with Crippen LogP contribution in [-0.4, -0.2) is 31.2 Å². The topological polar surface area (TPSA) is 64.7 Å². The van der Waals surface area contributed by atoms with Crippen LogP contribution in [0.5, 0.6) is 0 Å². The fourth-order valence-corrected chi connectivity index (χ4v) is 3.87. The van der Waals surface area contributed by atoms with E-state index in [1.54, 1.807) is 38.7 Å². The summed E-state index contributed by atoms with van der Waals surface area (Å²) in [5, 5.41) is 13.6. The Morgan fingerprint density at radius 3 is 2.96 bits per heavy atom. The molecule has 6 nitrogen and oxygen atoms in total. The van der Waals surface area contributed by atoms with Crippen molar-refractivity contribution < 1.29 is 4.79 Å². The van der Waals surface area contributed by atoms with Crippen LogP contribution in [0.4, 0.5) is 5.69 Å². The summed E-state index contributed by atoms with van der Waals surface area (Å²) in [4.78, 5) is 13.4. The lowest BCUT2D eigenvalue weighted by atomic mass is 10.2. The zero-order chi connectivity index (χ0) is 16.2. The first kappa shape index (κ1) is 15.8. The van der Waals surface area contributed by atoms with E-state index in [1.807, 2.05) is 37.8 Å². The highest BCUT2D eigenvalue weighted by Gasteiger charge is 2.15. The number of hydrogen-bond acceptors (Lipinski definition) is 5. The summed E-state index contributed by atoms with van der Waals surface area (Å²) in [6.45, 7) is 0. The van der Waals surface area contributed by atoms with E-state index in [9.17, 15) is 4.79 Å². The number of aryl methyl sites for hydroxylation is 2. The normalized spacial score (nSPS) is 10.9. The molecule has 8 heteroatoms. The molecule has 3 heterocycles. The van der Waals surface area contributed by atoms with Crippen LogP contribution >= 0.6 is 23.1 Å². The van der Waals surface area contributed by atoms with Crippen LogP contribution in [0.2, 0.25) is 0 Å². The van der Waals surface area contributed by atoms with Gasteiger partial charge in [0.25, 0.3) is 0 Å². The third-order valence-electron chi connectivity index (χ3n) is 3.22. The number of carbonyl (C=O) groups excluding carboxylic acids is 1. The van der Waals surface area contributed by atoms with Crippen molar-refractivity contribution in [3.8, 4) is 11.4 Å². The van der Waals surface area contributed by atoms with Gasteiger partial charge in [-0.15, -0.1) is 23.1 Å². The van der Waals surface area contributed by atoms with Crippen LogP contribution in [-0.2, 0) is 24.6 Å². The summed E-state index contributed by atoms with van der Waals surface area (Å²) >= 11 is 3.31. The van der Waals surface area contributed by atoms with E-state index in [0.29, 0.717) is 11.4 Å². The molecule has 3 rings (SSSR count). The Morgan fingerprint density at radius 2 is 2.26 bits per heavy atom. The summed E-state index contributed by atoms with van der Waals surface area (Å²) in [6, 6.07) is 5.98. The van der Waals surface area contributed by atoms with Gasteiger partial charge in [-0.3, -0.25) is 14.2 Å². The van der Waals surface area contributed by atoms with Gasteiger partial charge in [-0.25, -0.2) is 0 Å². The second-order valence-corrected chi connectivity index (χ2v) is 7.04. The molecule has 1 N–H and O–H groups in total. The first-order valence-corrected chi connectivity index (χ1v) is 9.09. The van der Waals surface area contributed by atoms with E-state index in [1.165, 1.54) is 4.88 Å². The zero-order valence-corrected chi connectivity index (χ0v) is 14.5. The number of carbonyl (C=O) groups is 1. The number of thiophene rings is 1. The molecule has 0 bridgehead atoms. The third kappa shape index (κ3) is 3.83. The molecule has 0 aromatic carbocycles. The van der Waals surface area contributed by atoms with Crippen molar-refractivity contribution in [1.82, 2.24) is 19.6 Å². The summed E-state index contributed by atoms with van der Waals surface area (Å²) in [7, 11) is 3.69. The number of thioether (sulfide) groups is 1. The molecule has 0 fully saturated rings. The lowest BCUT2D eigenvalue weighted by Gasteiger charge is -2.05. The molecular weight excluding hydrogens is 330 g/mol. The SMILES string of the molecule is Cn1cc(NC(=O)CSCc2cccs2)c(-c2ccnn2C)n1. The molecule has 0 aliphatic rings. The molecule has 0 unspecified atom stereocenters. The molecule has 23 heavy (non-hydrogen) atoms. The molecule has 0 aliphatic heterocycles. The van der Waals surface area contributed by atoms with Crippen molar-refractivity contribution >= 4 is 34.7 Å². The summed E-state index contributed by atoms with van der Waals surface area (Å²) in [5.41, 5.74) is 2.30. The number of nitrogens with zero attached hydrogens (tertiary/aromatic N) is 4. The summed E-state index contributed by atoms with van der Waals surface area (Å²) in [6.07, 6.45) is 3.52. The monoisotopic (exact) mass is 347 g/mol. The van der Waals surface area contributed by atoms with E-state index in [2.05, 4.69) is 21.6 Å². The minimum Gasteiger partial charge on any atom is -0.322 e. The molecule has 0 atom stereocenters. The van der Waals surface area contributed by atoms with Crippen molar-refractivity contribution in [3.63, 3.8) is 0 Å². The maximum Gasteiger partial charge on any atom is 0.234 e. The molecule has 120 valence electrons. The summed E-state index contributed by atoms with van der Waals surface area (Å²) < 4.78 is 3.43. The van der Waals surface area contributed by atoms with E-state index in [0.717, 1.165) is 17.1 Å². The molecule has 0 radical (unpaired) electrons. The molecule has 1 amide bonds. The average molecular weight is 347 g/mol. The van der Waals surface area contributed by atoms with E-state index >= 15 is 0 Å². The van der Waals surface area contributed by atoms with Gasteiger partial charge in [0.1, 0.15) is 5.69 Å². The van der Waals surface area contributed by atoms with Gasteiger partial charge in [0.2, 0.25) is 5.91 Å². The number of nitrogens with one attached hydrogen (secondary N) is 1. The minimum absolute atomic E-state index is 0.0250. The van der Waals surface area contributed by atoms with Gasteiger partial charge in [-0.05, 0) is 17.5 Å². The fraction of sp³-hybridized carbons (Fsp3) is 0.267. The third-order valence-corrected chi connectivity index (χ3v) is 5.26. The number of aromatic nitrogens is 4. The second-order valence-electron chi connectivity index (χ2n) is 5.03. The number of amides is 1. The largest absolute Gasteiger partial charge is 0.322 e. The lowest BCUT2D eigenvalue weighted by molar-refractivity contribution is -0.113. The van der Waals surface area contributed by atoms with Crippen molar-refractivity contribution in [3.05, 3.63) is 40.8 Å². The maximum atomic E-state index is 12.2. The Kier molecular flexibility index (Phi) is 4.82. The Bertz CT molecular complexity index is 791. The summed E-state index contributed by atoms with van der Waals surface area (Å²) in [5.74, 6) is 1.24. The molecule has 0 spiro atoms. The van der Waals surface area contributed by atoms with Gasteiger partial charge in [0.05, 0.1) is 17.1 Å². The molecule has 0 aliphatic carbocycles. The molecule has 3 aromatic heterocycles. The quantitative estimate of drug-likeness (QED) is 0.745. The van der Waals surface area contributed by atoms with E-state index in [-0.39, 0.29) is 5.91 Å². The van der Waals surface area contributed by atoms with Crippen LogP contribution in [0.25, 0.3) is 11.4 Å². The Labute approximate surface area is 142 Å². The van der Waals surface area contributed by atoms with Crippen LogP contribution in [0, 0.1) is 0 Å². The van der Waals surface area contributed by atoms with Gasteiger partial charge in [0, 0.05) is 37.1 Å². The Morgan fingerprint density at radius 1 is 1.39 bits per heavy atom.